The van der Waals surface area contributed by atoms with Crippen LogP contribution in [0.25, 0.3) is 0 Å². The van der Waals surface area contributed by atoms with E-state index in [-0.39, 0.29) is 5.91 Å². The zero-order chi connectivity index (χ0) is 9.68. The van der Waals surface area contributed by atoms with Crippen LogP contribution in [-0.2, 0) is 4.79 Å². The number of hydrogen-bond donors (Lipinski definition) is 1. The first-order valence-electron chi connectivity index (χ1n) is 3.73. The third-order valence-corrected chi connectivity index (χ3v) is 1.56. The summed E-state index contributed by atoms with van der Waals surface area (Å²) >= 11 is 5.68. The van der Waals surface area contributed by atoms with Gasteiger partial charge < -0.3 is 0 Å². The molecule has 0 aromatic heterocycles. The lowest BCUT2D eigenvalue weighted by Gasteiger charge is -1.93. The number of nitrogens with zero attached hydrogens (tertiary/aromatic N) is 1. The molecule has 68 valence electrons. The Morgan fingerprint density at radius 1 is 1.46 bits per heavy atom. The largest absolute Gasteiger partial charge is 0.274 e. The number of carbonyl (C=O) groups excluding carboxylic acids is 1. The minimum atomic E-state index is -0.190. The van der Waals surface area contributed by atoms with E-state index in [0.717, 1.165) is 5.56 Å². The van der Waals surface area contributed by atoms with Crippen LogP contribution in [0.1, 0.15) is 12.5 Å². The molecule has 0 aliphatic rings. The van der Waals surface area contributed by atoms with Crippen LogP contribution in [0.3, 0.4) is 0 Å². The highest BCUT2D eigenvalue weighted by Gasteiger charge is 1.88. The lowest BCUT2D eigenvalue weighted by atomic mass is 10.2. The van der Waals surface area contributed by atoms with Crippen molar-refractivity contribution in [2.45, 2.75) is 6.92 Å². The van der Waals surface area contributed by atoms with Gasteiger partial charge in [-0.1, -0.05) is 23.7 Å². The first-order valence-corrected chi connectivity index (χ1v) is 4.11. The molecule has 13 heavy (non-hydrogen) atoms. The highest BCUT2D eigenvalue weighted by molar-refractivity contribution is 6.30. The van der Waals surface area contributed by atoms with Gasteiger partial charge in [-0.15, -0.1) is 0 Å². The number of nitrogens with one attached hydrogen (secondary N) is 1. The molecule has 0 saturated carbocycles. The molecular formula is C9H9ClN2O. The Morgan fingerprint density at radius 3 is 2.62 bits per heavy atom. The summed E-state index contributed by atoms with van der Waals surface area (Å²) in [5.41, 5.74) is 3.19. The Labute approximate surface area is 81.4 Å². The molecule has 1 rings (SSSR count). The second kappa shape index (κ2) is 4.62. The Kier molecular flexibility index (Phi) is 3.46. The van der Waals surface area contributed by atoms with Gasteiger partial charge in [-0.05, 0) is 17.7 Å². The first-order chi connectivity index (χ1) is 6.18. The third kappa shape index (κ3) is 3.71. The molecule has 1 N–H and O–H groups in total. The summed E-state index contributed by atoms with van der Waals surface area (Å²) in [5.74, 6) is -0.190. The van der Waals surface area contributed by atoms with Crippen LogP contribution in [0.2, 0.25) is 5.02 Å². The number of halogens is 1. The van der Waals surface area contributed by atoms with Crippen molar-refractivity contribution >= 4 is 23.7 Å². The summed E-state index contributed by atoms with van der Waals surface area (Å²) in [4.78, 5) is 10.4. The smallest absolute Gasteiger partial charge is 0.236 e. The fourth-order valence-electron chi connectivity index (χ4n) is 0.747. The highest BCUT2D eigenvalue weighted by Crippen LogP contribution is 2.07. The van der Waals surface area contributed by atoms with Crippen molar-refractivity contribution in [3.63, 3.8) is 0 Å². The van der Waals surface area contributed by atoms with Crippen molar-refractivity contribution in [3.05, 3.63) is 34.9 Å². The van der Waals surface area contributed by atoms with E-state index in [1.54, 1.807) is 18.3 Å². The molecule has 1 aromatic rings. The molecule has 0 aliphatic heterocycles. The van der Waals surface area contributed by atoms with Crippen molar-refractivity contribution in [3.8, 4) is 0 Å². The predicted octanol–water partition coefficient (Wildman–Crippen LogP) is 1.81. The van der Waals surface area contributed by atoms with Gasteiger partial charge in [0.2, 0.25) is 5.91 Å². The maximum Gasteiger partial charge on any atom is 0.236 e. The lowest BCUT2D eigenvalue weighted by molar-refractivity contribution is -0.118. The number of hydrazone groups is 1. The molecule has 0 fully saturated rings. The van der Waals surface area contributed by atoms with E-state index < -0.39 is 0 Å². The molecule has 0 spiro atoms. The topological polar surface area (TPSA) is 41.5 Å². The molecular weight excluding hydrogens is 188 g/mol. The van der Waals surface area contributed by atoms with E-state index in [2.05, 4.69) is 10.5 Å². The monoisotopic (exact) mass is 196 g/mol. The zero-order valence-electron chi connectivity index (χ0n) is 7.12. The van der Waals surface area contributed by atoms with Gasteiger partial charge in [-0.3, -0.25) is 4.79 Å². The van der Waals surface area contributed by atoms with Crippen molar-refractivity contribution in [2.24, 2.45) is 5.10 Å². The van der Waals surface area contributed by atoms with Crippen LogP contribution in [0.5, 0.6) is 0 Å². The van der Waals surface area contributed by atoms with E-state index in [9.17, 15) is 4.79 Å². The van der Waals surface area contributed by atoms with Crippen LogP contribution in [0.15, 0.2) is 29.4 Å². The summed E-state index contributed by atoms with van der Waals surface area (Å²) in [5, 5.41) is 4.38. The fourth-order valence-corrected chi connectivity index (χ4v) is 0.873. The minimum Gasteiger partial charge on any atom is -0.274 e. The second-order valence-corrected chi connectivity index (χ2v) is 2.91. The Balaban J connectivity index is 2.59. The van der Waals surface area contributed by atoms with Gasteiger partial charge in [0.1, 0.15) is 0 Å². The Bertz CT molecular complexity index is 319. The third-order valence-electron chi connectivity index (χ3n) is 1.31. The summed E-state index contributed by atoms with van der Waals surface area (Å²) < 4.78 is 0. The predicted molar refractivity (Wildman–Crippen MR) is 52.9 cm³/mol. The number of benzene rings is 1. The van der Waals surface area contributed by atoms with Crippen molar-refractivity contribution in [1.29, 1.82) is 0 Å². The summed E-state index contributed by atoms with van der Waals surface area (Å²) in [7, 11) is 0. The van der Waals surface area contributed by atoms with E-state index >= 15 is 0 Å². The lowest BCUT2D eigenvalue weighted by Crippen LogP contribution is -2.12. The molecule has 0 aliphatic carbocycles. The van der Waals surface area contributed by atoms with E-state index in [1.807, 2.05) is 12.1 Å². The van der Waals surface area contributed by atoms with Crippen molar-refractivity contribution in [2.75, 3.05) is 0 Å². The molecule has 1 aromatic carbocycles. The zero-order valence-corrected chi connectivity index (χ0v) is 7.88. The summed E-state index contributed by atoms with van der Waals surface area (Å²) in [6.07, 6.45) is 1.55. The average Bonchev–Trinajstić information content (AvgIpc) is 2.08. The molecule has 0 saturated heterocycles. The molecule has 3 nitrogen and oxygen atoms in total. The molecule has 0 heterocycles. The van der Waals surface area contributed by atoms with Gasteiger partial charge in [0.15, 0.2) is 0 Å². The molecule has 0 radical (unpaired) electrons. The van der Waals surface area contributed by atoms with Crippen LogP contribution >= 0.6 is 11.6 Å². The summed E-state index contributed by atoms with van der Waals surface area (Å²) in [6, 6.07) is 7.15. The standard InChI is InChI=1S/C9H9ClN2O/c1-7(13)12-11-6-8-2-4-9(10)5-3-8/h2-6H,1H3,(H,12,13)/b11-6+. The number of amides is 1. The number of hydrogen-bond acceptors (Lipinski definition) is 2. The summed E-state index contributed by atoms with van der Waals surface area (Å²) in [6.45, 7) is 1.40. The minimum absolute atomic E-state index is 0.190. The molecule has 0 atom stereocenters. The van der Waals surface area contributed by atoms with E-state index in [0.29, 0.717) is 5.02 Å². The van der Waals surface area contributed by atoms with E-state index in [1.165, 1.54) is 6.92 Å². The maximum absolute atomic E-state index is 10.4. The number of carbonyl (C=O) groups is 1. The molecule has 0 unspecified atom stereocenters. The van der Waals surface area contributed by atoms with Crippen LogP contribution in [0.4, 0.5) is 0 Å². The van der Waals surface area contributed by atoms with Gasteiger partial charge in [0, 0.05) is 11.9 Å². The second-order valence-electron chi connectivity index (χ2n) is 2.48. The normalized spacial score (nSPS) is 10.3. The van der Waals surface area contributed by atoms with Crippen molar-refractivity contribution in [1.82, 2.24) is 5.43 Å². The van der Waals surface area contributed by atoms with Gasteiger partial charge in [-0.25, -0.2) is 5.43 Å². The maximum atomic E-state index is 10.4. The van der Waals surface area contributed by atoms with Gasteiger partial charge in [0.05, 0.1) is 6.21 Å². The first kappa shape index (κ1) is 9.74. The van der Waals surface area contributed by atoms with Crippen LogP contribution in [0, 0.1) is 0 Å². The van der Waals surface area contributed by atoms with E-state index in [4.69, 9.17) is 11.6 Å². The van der Waals surface area contributed by atoms with Gasteiger partial charge in [-0.2, -0.15) is 5.10 Å². The highest BCUT2D eigenvalue weighted by atomic mass is 35.5. The Hall–Kier alpha value is -1.35. The molecule has 4 heteroatoms. The van der Waals surface area contributed by atoms with Gasteiger partial charge in [0.25, 0.3) is 0 Å². The average molecular weight is 197 g/mol. The quantitative estimate of drug-likeness (QED) is 0.569. The number of rotatable bonds is 2. The van der Waals surface area contributed by atoms with Crippen LogP contribution < -0.4 is 5.43 Å². The molecule has 0 bridgehead atoms. The van der Waals surface area contributed by atoms with Crippen molar-refractivity contribution < 1.29 is 4.79 Å². The Morgan fingerprint density at radius 2 is 2.08 bits per heavy atom. The molecule has 1 amide bonds. The van der Waals surface area contributed by atoms with Gasteiger partial charge >= 0.3 is 0 Å². The van der Waals surface area contributed by atoms with Crippen LogP contribution in [-0.4, -0.2) is 12.1 Å². The fraction of sp³-hybridized carbons (Fsp3) is 0.111. The SMILES string of the molecule is CC(=O)N/N=C/c1ccc(Cl)cc1.